The van der Waals surface area contributed by atoms with Crippen LogP contribution >= 0.6 is 0 Å². The number of methoxy groups -OCH3 is 2. The van der Waals surface area contributed by atoms with Crippen molar-refractivity contribution in [3.63, 3.8) is 0 Å². The zero-order valence-electron chi connectivity index (χ0n) is 13.6. The number of carbonyl (C=O) groups excluding carboxylic acids is 1. The molecule has 0 aliphatic carbocycles. The minimum Gasteiger partial charge on any atom is -0.497 e. The highest BCUT2D eigenvalue weighted by atomic mass is 32.2. The Kier molecular flexibility index (Phi) is 8.01. The Morgan fingerprint density at radius 2 is 1.78 bits per heavy atom. The molecule has 0 amide bonds. The summed E-state index contributed by atoms with van der Waals surface area (Å²) >= 11 is 0. The summed E-state index contributed by atoms with van der Waals surface area (Å²) in [4.78, 5) is 11.6. The van der Waals surface area contributed by atoms with E-state index in [1.54, 1.807) is 19.1 Å². The van der Waals surface area contributed by atoms with Crippen molar-refractivity contribution in [1.82, 2.24) is 4.31 Å². The summed E-state index contributed by atoms with van der Waals surface area (Å²) in [5, 5.41) is 0. The average Bonchev–Trinajstić information content (AvgIpc) is 2.55. The number of hydrogen-bond acceptors (Lipinski definition) is 6. The number of esters is 1. The molecule has 0 radical (unpaired) electrons. The molecule has 0 unspecified atom stereocenters. The summed E-state index contributed by atoms with van der Waals surface area (Å²) in [6, 6.07) is 6.09. The van der Waals surface area contributed by atoms with Gasteiger partial charge in [0.15, 0.2) is 0 Å². The van der Waals surface area contributed by atoms with E-state index < -0.39 is 16.0 Å². The van der Waals surface area contributed by atoms with Gasteiger partial charge in [0.2, 0.25) is 10.0 Å². The number of nitrogens with zero attached hydrogens (tertiary/aromatic N) is 1. The normalized spacial score (nSPS) is 11.5. The first-order valence-corrected chi connectivity index (χ1v) is 8.68. The zero-order chi connectivity index (χ0) is 17.3. The Bertz CT molecular complexity index is 584. The maximum atomic E-state index is 12.7. The second-order valence-corrected chi connectivity index (χ2v) is 6.57. The van der Waals surface area contributed by atoms with Gasteiger partial charge < -0.3 is 14.2 Å². The Labute approximate surface area is 137 Å². The molecular weight excluding hydrogens is 322 g/mol. The Morgan fingerprint density at radius 3 is 2.30 bits per heavy atom. The van der Waals surface area contributed by atoms with Gasteiger partial charge >= 0.3 is 5.97 Å². The first-order chi connectivity index (χ1) is 11.0. The largest absolute Gasteiger partial charge is 0.497 e. The molecule has 0 fully saturated rings. The van der Waals surface area contributed by atoms with Gasteiger partial charge in [-0.2, -0.15) is 4.31 Å². The first kappa shape index (κ1) is 19.4. The summed E-state index contributed by atoms with van der Waals surface area (Å²) in [5.41, 5.74) is 0. The molecule has 0 atom stereocenters. The van der Waals surface area contributed by atoms with Gasteiger partial charge in [0, 0.05) is 20.2 Å². The van der Waals surface area contributed by atoms with Crippen molar-refractivity contribution in [2.45, 2.75) is 18.2 Å². The third-order valence-electron chi connectivity index (χ3n) is 3.11. The predicted molar refractivity (Wildman–Crippen MR) is 84.9 cm³/mol. The summed E-state index contributed by atoms with van der Waals surface area (Å²) < 4.78 is 41.4. The second-order valence-electron chi connectivity index (χ2n) is 4.63. The van der Waals surface area contributed by atoms with Crippen LogP contribution in [-0.2, 0) is 24.3 Å². The minimum atomic E-state index is -3.72. The molecule has 1 rings (SSSR count). The molecule has 8 heteroatoms. The second kappa shape index (κ2) is 9.49. The smallest absolute Gasteiger partial charge is 0.307 e. The predicted octanol–water partition coefficient (Wildman–Crippen LogP) is 1.29. The van der Waals surface area contributed by atoms with E-state index in [-0.39, 0.29) is 37.6 Å². The summed E-state index contributed by atoms with van der Waals surface area (Å²) in [6.07, 6.45) is -0.00700. The molecule has 0 aromatic heterocycles. The quantitative estimate of drug-likeness (QED) is 0.594. The maximum Gasteiger partial charge on any atom is 0.307 e. The van der Waals surface area contributed by atoms with Crippen molar-refractivity contribution in [1.29, 1.82) is 0 Å². The topological polar surface area (TPSA) is 82.1 Å². The summed E-state index contributed by atoms with van der Waals surface area (Å²) in [7, 11) is -0.722. The third kappa shape index (κ3) is 5.81. The molecule has 0 spiro atoms. The lowest BCUT2D eigenvalue weighted by Crippen LogP contribution is -2.35. The van der Waals surface area contributed by atoms with Gasteiger partial charge in [0.25, 0.3) is 0 Å². The minimum absolute atomic E-state index is 0.00700. The van der Waals surface area contributed by atoms with Crippen LogP contribution in [0.2, 0.25) is 0 Å². The molecule has 23 heavy (non-hydrogen) atoms. The van der Waals surface area contributed by atoms with Crippen LogP contribution in [0.4, 0.5) is 0 Å². The van der Waals surface area contributed by atoms with Crippen molar-refractivity contribution in [2.75, 3.05) is 40.5 Å². The van der Waals surface area contributed by atoms with Gasteiger partial charge in [-0.25, -0.2) is 8.42 Å². The molecule has 0 heterocycles. The lowest BCUT2D eigenvalue weighted by Gasteiger charge is -2.21. The number of carbonyl (C=O) groups is 1. The standard InChI is InChI=1S/C15H23NO6S/c1-4-22-15(17)9-10-16(11-12-20-2)23(18,19)14-7-5-13(21-3)6-8-14/h5-8H,4,9-12H2,1-3H3. The van der Waals surface area contributed by atoms with E-state index in [9.17, 15) is 13.2 Å². The maximum absolute atomic E-state index is 12.7. The molecule has 0 saturated heterocycles. The number of rotatable bonds is 10. The average molecular weight is 345 g/mol. The van der Waals surface area contributed by atoms with Crippen LogP contribution in [0.25, 0.3) is 0 Å². The monoisotopic (exact) mass is 345 g/mol. The van der Waals surface area contributed by atoms with Crippen molar-refractivity contribution in [3.05, 3.63) is 24.3 Å². The van der Waals surface area contributed by atoms with E-state index in [1.165, 1.54) is 30.7 Å². The van der Waals surface area contributed by atoms with E-state index in [0.29, 0.717) is 5.75 Å². The lowest BCUT2D eigenvalue weighted by molar-refractivity contribution is -0.143. The molecule has 0 aliphatic heterocycles. The van der Waals surface area contributed by atoms with Gasteiger partial charge in [-0.15, -0.1) is 0 Å². The molecular formula is C15H23NO6S. The Morgan fingerprint density at radius 1 is 1.13 bits per heavy atom. The third-order valence-corrected chi connectivity index (χ3v) is 5.03. The van der Waals surface area contributed by atoms with E-state index in [0.717, 1.165) is 0 Å². The van der Waals surface area contributed by atoms with Crippen LogP contribution in [0.5, 0.6) is 5.75 Å². The Hall–Kier alpha value is -1.64. The van der Waals surface area contributed by atoms with Crippen LogP contribution < -0.4 is 4.74 Å². The van der Waals surface area contributed by atoms with Crippen molar-refractivity contribution < 1.29 is 27.4 Å². The van der Waals surface area contributed by atoms with Crippen LogP contribution in [0, 0.1) is 0 Å². The van der Waals surface area contributed by atoms with E-state index in [1.807, 2.05) is 0 Å². The highest BCUT2D eigenvalue weighted by Crippen LogP contribution is 2.19. The number of benzene rings is 1. The van der Waals surface area contributed by atoms with Crippen LogP contribution in [-0.4, -0.2) is 59.2 Å². The molecule has 1 aromatic carbocycles. The molecule has 0 aliphatic rings. The lowest BCUT2D eigenvalue weighted by atomic mass is 10.3. The fraction of sp³-hybridized carbons (Fsp3) is 0.533. The highest BCUT2D eigenvalue weighted by molar-refractivity contribution is 7.89. The van der Waals surface area contributed by atoms with Gasteiger partial charge in [-0.3, -0.25) is 4.79 Å². The van der Waals surface area contributed by atoms with Gasteiger partial charge in [0.1, 0.15) is 5.75 Å². The molecule has 7 nitrogen and oxygen atoms in total. The van der Waals surface area contributed by atoms with Gasteiger partial charge in [-0.1, -0.05) is 0 Å². The zero-order valence-corrected chi connectivity index (χ0v) is 14.5. The molecule has 1 aromatic rings. The molecule has 0 bridgehead atoms. The fourth-order valence-corrected chi connectivity index (χ4v) is 3.32. The van der Waals surface area contributed by atoms with Crippen molar-refractivity contribution in [2.24, 2.45) is 0 Å². The first-order valence-electron chi connectivity index (χ1n) is 7.24. The van der Waals surface area contributed by atoms with Crippen molar-refractivity contribution in [3.8, 4) is 5.75 Å². The van der Waals surface area contributed by atoms with Crippen LogP contribution in [0.3, 0.4) is 0 Å². The Balaban J connectivity index is 2.90. The van der Waals surface area contributed by atoms with Crippen LogP contribution in [0.1, 0.15) is 13.3 Å². The molecule has 0 saturated carbocycles. The van der Waals surface area contributed by atoms with E-state index in [4.69, 9.17) is 14.2 Å². The number of ether oxygens (including phenoxy) is 3. The SMILES string of the molecule is CCOC(=O)CCN(CCOC)S(=O)(=O)c1ccc(OC)cc1. The van der Waals surface area contributed by atoms with E-state index >= 15 is 0 Å². The van der Waals surface area contributed by atoms with Crippen LogP contribution in [0.15, 0.2) is 29.2 Å². The number of hydrogen-bond donors (Lipinski definition) is 0. The summed E-state index contributed by atoms with van der Waals surface area (Å²) in [5.74, 6) is 0.138. The number of sulfonamides is 1. The molecule has 0 N–H and O–H groups in total. The van der Waals surface area contributed by atoms with E-state index in [2.05, 4.69) is 0 Å². The van der Waals surface area contributed by atoms with Gasteiger partial charge in [-0.05, 0) is 31.2 Å². The van der Waals surface area contributed by atoms with Crippen molar-refractivity contribution >= 4 is 16.0 Å². The highest BCUT2D eigenvalue weighted by Gasteiger charge is 2.25. The summed E-state index contributed by atoms with van der Waals surface area (Å²) in [6.45, 7) is 2.40. The van der Waals surface area contributed by atoms with Gasteiger partial charge in [0.05, 0.1) is 31.6 Å². The fourth-order valence-electron chi connectivity index (χ4n) is 1.89. The molecule has 130 valence electrons.